The molecule has 0 aliphatic heterocycles. The highest BCUT2D eigenvalue weighted by Crippen LogP contribution is 2.37. The van der Waals surface area contributed by atoms with Gasteiger partial charge in [0.05, 0.1) is 29.7 Å². The van der Waals surface area contributed by atoms with Crippen LogP contribution in [0.15, 0.2) is 59.3 Å². The molecular formula is C24H24N4O3S. The molecule has 2 N–H and O–H groups in total. The van der Waals surface area contributed by atoms with E-state index in [1.54, 1.807) is 23.5 Å². The molecule has 0 spiro atoms. The average molecular weight is 449 g/mol. The average Bonchev–Trinajstić information content (AvgIpc) is 3.41. The molecule has 2 aromatic carbocycles. The Morgan fingerprint density at radius 1 is 1.16 bits per heavy atom. The van der Waals surface area contributed by atoms with Crippen molar-refractivity contribution in [2.45, 2.75) is 6.92 Å². The molecular weight excluding hydrogens is 424 g/mol. The fourth-order valence-corrected chi connectivity index (χ4v) is 4.18. The predicted octanol–water partition coefficient (Wildman–Crippen LogP) is 5.43. The van der Waals surface area contributed by atoms with E-state index in [4.69, 9.17) is 9.84 Å². The first-order chi connectivity index (χ1) is 15.4. The molecule has 4 aromatic rings. The lowest BCUT2D eigenvalue weighted by atomic mass is 10.1. The van der Waals surface area contributed by atoms with E-state index in [-0.39, 0.29) is 5.56 Å². The molecule has 4 rings (SSSR count). The first kappa shape index (κ1) is 21.5. The standard InChI is InChI=1S/C24H24N4O3S/c1-15-22(16-11-12-32-14-16)23(25-21-10-9-19(31-4)13-20(21)24(29)30)28(26-15)18-7-5-17(6-8-18)27(2)3/h5-14,25H,1-4H3,(H,29,30). The Bertz CT molecular complexity index is 1250. The fourth-order valence-electron chi connectivity index (χ4n) is 3.54. The fraction of sp³-hybridized carbons (Fsp3) is 0.167. The molecule has 32 heavy (non-hydrogen) atoms. The van der Waals surface area contributed by atoms with E-state index in [1.165, 1.54) is 13.2 Å². The van der Waals surface area contributed by atoms with Gasteiger partial charge in [-0.2, -0.15) is 16.4 Å². The summed E-state index contributed by atoms with van der Waals surface area (Å²) in [5.41, 5.74) is 5.32. The van der Waals surface area contributed by atoms with Crippen molar-refractivity contribution in [3.05, 3.63) is 70.5 Å². The van der Waals surface area contributed by atoms with Crippen molar-refractivity contribution < 1.29 is 14.6 Å². The lowest BCUT2D eigenvalue weighted by Crippen LogP contribution is -2.09. The molecule has 0 amide bonds. The lowest BCUT2D eigenvalue weighted by molar-refractivity contribution is 0.0697. The molecule has 2 heterocycles. The Morgan fingerprint density at radius 3 is 2.50 bits per heavy atom. The second kappa shape index (κ2) is 8.76. The van der Waals surface area contributed by atoms with Crippen molar-refractivity contribution in [3.8, 4) is 22.6 Å². The molecule has 0 bridgehead atoms. The molecule has 2 aromatic heterocycles. The van der Waals surface area contributed by atoms with Crippen LogP contribution < -0.4 is 15.0 Å². The normalized spacial score (nSPS) is 10.8. The number of anilines is 3. The number of aromatic nitrogens is 2. The minimum Gasteiger partial charge on any atom is -0.497 e. The van der Waals surface area contributed by atoms with Crippen LogP contribution in [0.1, 0.15) is 16.1 Å². The largest absolute Gasteiger partial charge is 0.497 e. The summed E-state index contributed by atoms with van der Waals surface area (Å²) >= 11 is 1.60. The molecule has 0 atom stereocenters. The van der Waals surface area contributed by atoms with Crippen LogP contribution in [0.3, 0.4) is 0 Å². The molecule has 7 nitrogen and oxygen atoms in total. The quantitative estimate of drug-likeness (QED) is 0.393. The minimum absolute atomic E-state index is 0.119. The van der Waals surface area contributed by atoms with Crippen molar-refractivity contribution in [2.24, 2.45) is 0 Å². The highest BCUT2D eigenvalue weighted by molar-refractivity contribution is 7.08. The van der Waals surface area contributed by atoms with Gasteiger partial charge in [0.15, 0.2) is 0 Å². The second-order valence-electron chi connectivity index (χ2n) is 7.49. The van der Waals surface area contributed by atoms with Gasteiger partial charge in [0.1, 0.15) is 11.6 Å². The number of thiophene rings is 1. The Kier molecular flexibility index (Phi) is 5.87. The Labute approximate surface area is 190 Å². The Morgan fingerprint density at radius 2 is 1.91 bits per heavy atom. The maximum atomic E-state index is 11.9. The van der Waals surface area contributed by atoms with Gasteiger partial charge in [-0.05, 0) is 71.8 Å². The zero-order valence-electron chi connectivity index (χ0n) is 18.3. The van der Waals surface area contributed by atoms with Gasteiger partial charge in [-0.15, -0.1) is 0 Å². The van der Waals surface area contributed by atoms with Crippen LogP contribution in [0.5, 0.6) is 5.75 Å². The summed E-state index contributed by atoms with van der Waals surface area (Å²) < 4.78 is 7.03. The summed E-state index contributed by atoms with van der Waals surface area (Å²) in [6.07, 6.45) is 0. The van der Waals surface area contributed by atoms with Crippen LogP contribution in [-0.2, 0) is 0 Å². The molecule has 0 saturated carbocycles. The monoisotopic (exact) mass is 448 g/mol. The summed E-state index contributed by atoms with van der Waals surface area (Å²) in [6, 6.07) is 15.0. The van der Waals surface area contributed by atoms with E-state index in [0.717, 1.165) is 28.2 Å². The number of hydrogen-bond donors (Lipinski definition) is 2. The summed E-state index contributed by atoms with van der Waals surface area (Å²) in [6.45, 7) is 1.95. The van der Waals surface area contributed by atoms with Crippen molar-refractivity contribution in [1.29, 1.82) is 0 Å². The number of carbonyl (C=O) groups is 1. The Balaban J connectivity index is 1.88. The maximum absolute atomic E-state index is 11.9. The highest BCUT2D eigenvalue weighted by Gasteiger charge is 2.21. The van der Waals surface area contributed by atoms with Crippen molar-refractivity contribution in [3.63, 3.8) is 0 Å². The number of ether oxygens (including phenoxy) is 1. The zero-order chi connectivity index (χ0) is 22.8. The number of carboxylic acid groups (broad SMARTS) is 1. The van der Waals surface area contributed by atoms with Gasteiger partial charge in [-0.25, -0.2) is 9.48 Å². The van der Waals surface area contributed by atoms with Crippen LogP contribution in [0, 0.1) is 6.92 Å². The van der Waals surface area contributed by atoms with E-state index in [1.807, 2.05) is 66.3 Å². The first-order valence-electron chi connectivity index (χ1n) is 9.97. The topological polar surface area (TPSA) is 79.6 Å². The molecule has 164 valence electrons. The molecule has 8 heteroatoms. The van der Waals surface area contributed by atoms with E-state index in [0.29, 0.717) is 17.3 Å². The number of rotatable bonds is 7. The highest BCUT2D eigenvalue weighted by atomic mass is 32.1. The van der Waals surface area contributed by atoms with E-state index in [2.05, 4.69) is 10.7 Å². The number of nitrogens with zero attached hydrogens (tertiary/aromatic N) is 3. The summed E-state index contributed by atoms with van der Waals surface area (Å²) in [4.78, 5) is 14.0. The molecule has 0 radical (unpaired) electrons. The smallest absolute Gasteiger partial charge is 0.337 e. The third-order valence-electron chi connectivity index (χ3n) is 5.19. The molecule has 0 unspecified atom stereocenters. The van der Waals surface area contributed by atoms with Crippen LogP contribution in [0.4, 0.5) is 17.2 Å². The number of methoxy groups -OCH3 is 1. The number of nitrogens with one attached hydrogen (secondary N) is 1. The van der Waals surface area contributed by atoms with Crippen molar-refractivity contribution in [2.75, 3.05) is 31.4 Å². The number of aromatic carboxylic acids is 1. The third-order valence-corrected chi connectivity index (χ3v) is 5.87. The van der Waals surface area contributed by atoms with Gasteiger partial charge in [0.2, 0.25) is 0 Å². The van der Waals surface area contributed by atoms with Crippen LogP contribution in [0.25, 0.3) is 16.8 Å². The summed E-state index contributed by atoms with van der Waals surface area (Å²) in [7, 11) is 5.50. The van der Waals surface area contributed by atoms with Crippen LogP contribution in [0.2, 0.25) is 0 Å². The first-order valence-corrected chi connectivity index (χ1v) is 10.9. The summed E-state index contributed by atoms with van der Waals surface area (Å²) in [5, 5.41) is 22.0. The van der Waals surface area contributed by atoms with Crippen LogP contribution in [-0.4, -0.2) is 42.1 Å². The summed E-state index contributed by atoms with van der Waals surface area (Å²) in [5.74, 6) is 0.141. The Hall–Kier alpha value is -3.78. The van der Waals surface area contributed by atoms with Crippen molar-refractivity contribution in [1.82, 2.24) is 9.78 Å². The minimum atomic E-state index is -1.04. The maximum Gasteiger partial charge on any atom is 0.337 e. The number of carboxylic acids is 1. The molecule has 0 fully saturated rings. The van der Waals surface area contributed by atoms with Crippen LogP contribution >= 0.6 is 11.3 Å². The zero-order valence-corrected chi connectivity index (χ0v) is 19.1. The third kappa shape index (κ3) is 4.04. The van der Waals surface area contributed by atoms with Gasteiger partial charge in [0, 0.05) is 25.3 Å². The lowest BCUT2D eigenvalue weighted by Gasteiger charge is -2.16. The van der Waals surface area contributed by atoms with Gasteiger partial charge in [-0.3, -0.25) is 0 Å². The number of benzene rings is 2. The predicted molar refractivity (Wildman–Crippen MR) is 129 cm³/mol. The SMILES string of the molecule is COc1ccc(Nc2c(-c3ccsc3)c(C)nn2-c2ccc(N(C)C)cc2)c(C(=O)O)c1. The number of hydrogen-bond acceptors (Lipinski definition) is 6. The van der Waals surface area contributed by atoms with E-state index in [9.17, 15) is 9.90 Å². The van der Waals surface area contributed by atoms with Gasteiger partial charge in [-0.1, -0.05) is 0 Å². The molecule has 0 saturated heterocycles. The molecule has 0 aliphatic rings. The molecule has 0 aliphatic carbocycles. The van der Waals surface area contributed by atoms with E-state index < -0.39 is 5.97 Å². The second-order valence-corrected chi connectivity index (χ2v) is 8.27. The number of aryl methyl sites for hydroxylation is 1. The van der Waals surface area contributed by atoms with Gasteiger partial charge < -0.3 is 20.1 Å². The van der Waals surface area contributed by atoms with Gasteiger partial charge >= 0.3 is 5.97 Å². The van der Waals surface area contributed by atoms with E-state index >= 15 is 0 Å². The van der Waals surface area contributed by atoms with Gasteiger partial charge in [0.25, 0.3) is 0 Å². The van der Waals surface area contributed by atoms with Crippen molar-refractivity contribution >= 4 is 34.5 Å².